The van der Waals surface area contributed by atoms with E-state index in [2.05, 4.69) is 66.2 Å². The Kier molecular flexibility index (Phi) is 6.56. The first-order chi connectivity index (χ1) is 13.2. The minimum Gasteiger partial charge on any atom is -0.393 e. The third-order valence-electron chi connectivity index (χ3n) is 4.69. The van der Waals surface area contributed by atoms with Crippen LogP contribution in [-0.4, -0.2) is 16.2 Å². The maximum Gasteiger partial charge on any atom is 0.0626 e. The van der Waals surface area contributed by atoms with Crippen molar-refractivity contribution in [1.29, 1.82) is 0 Å². The first kappa shape index (κ1) is 19.1. The Morgan fingerprint density at radius 1 is 1.04 bits per heavy atom. The fourth-order valence-electron chi connectivity index (χ4n) is 3.18. The first-order valence-corrected chi connectivity index (χ1v) is 9.60. The SMILES string of the molecule is C=CCc1ccc2cc(-c3ccc(C=CCCCC(C)O)nc3)ccc2c1. The molecule has 1 N–H and O–H groups in total. The summed E-state index contributed by atoms with van der Waals surface area (Å²) in [5, 5.41) is 11.8. The zero-order chi connectivity index (χ0) is 19.1. The molecule has 1 atom stereocenters. The number of rotatable bonds is 8. The Hall–Kier alpha value is -2.71. The lowest BCUT2D eigenvalue weighted by molar-refractivity contribution is 0.182. The zero-order valence-corrected chi connectivity index (χ0v) is 15.9. The number of aliphatic hydroxyl groups is 1. The Morgan fingerprint density at radius 3 is 2.56 bits per heavy atom. The molecule has 0 saturated heterocycles. The number of benzene rings is 2. The van der Waals surface area contributed by atoms with Crippen molar-refractivity contribution in [1.82, 2.24) is 4.98 Å². The number of allylic oxidation sites excluding steroid dienone is 2. The fourth-order valence-corrected chi connectivity index (χ4v) is 3.18. The molecule has 27 heavy (non-hydrogen) atoms. The molecule has 0 fully saturated rings. The normalized spacial score (nSPS) is 12.5. The minimum absolute atomic E-state index is 0.216. The topological polar surface area (TPSA) is 33.1 Å². The smallest absolute Gasteiger partial charge is 0.0626 e. The predicted octanol–water partition coefficient (Wildman–Crippen LogP) is 6.19. The molecule has 3 aromatic rings. The number of hydrogen-bond donors (Lipinski definition) is 1. The molecule has 0 radical (unpaired) electrons. The molecule has 2 nitrogen and oxygen atoms in total. The maximum absolute atomic E-state index is 9.27. The van der Waals surface area contributed by atoms with Crippen LogP contribution < -0.4 is 0 Å². The monoisotopic (exact) mass is 357 g/mol. The molecular weight excluding hydrogens is 330 g/mol. The summed E-state index contributed by atoms with van der Waals surface area (Å²) in [6.07, 6.45) is 11.5. The van der Waals surface area contributed by atoms with Gasteiger partial charge < -0.3 is 5.11 Å². The molecule has 138 valence electrons. The van der Waals surface area contributed by atoms with Crippen molar-refractivity contribution < 1.29 is 5.11 Å². The summed E-state index contributed by atoms with van der Waals surface area (Å²) < 4.78 is 0. The average Bonchev–Trinajstić information content (AvgIpc) is 2.68. The van der Waals surface area contributed by atoms with Crippen LogP contribution in [-0.2, 0) is 6.42 Å². The van der Waals surface area contributed by atoms with Gasteiger partial charge >= 0.3 is 0 Å². The quantitative estimate of drug-likeness (QED) is 0.385. The molecule has 0 amide bonds. The molecule has 0 spiro atoms. The number of unbranched alkanes of at least 4 members (excludes halogenated alkanes) is 1. The number of fused-ring (bicyclic) bond motifs is 1. The molecule has 0 saturated carbocycles. The van der Waals surface area contributed by atoms with Crippen LogP contribution >= 0.6 is 0 Å². The van der Waals surface area contributed by atoms with Crippen molar-refractivity contribution in [2.45, 2.75) is 38.7 Å². The first-order valence-electron chi connectivity index (χ1n) is 9.60. The van der Waals surface area contributed by atoms with Crippen molar-refractivity contribution in [2.75, 3.05) is 0 Å². The zero-order valence-electron chi connectivity index (χ0n) is 15.9. The second-order valence-electron chi connectivity index (χ2n) is 7.04. The molecular formula is C25H27NO. The largest absolute Gasteiger partial charge is 0.393 e. The van der Waals surface area contributed by atoms with Crippen molar-refractivity contribution in [3.63, 3.8) is 0 Å². The molecule has 0 aliphatic heterocycles. The van der Waals surface area contributed by atoms with Gasteiger partial charge in [0.2, 0.25) is 0 Å². The van der Waals surface area contributed by atoms with Crippen LogP contribution in [0, 0.1) is 0 Å². The van der Waals surface area contributed by atoms with Gasteiger partial charge in [-0.15, -0.1) is 6.58 Å². The van der Waals surface area contributed by atoms with E-state index in [1.165, 1.54) is 21.9 Å². The highest BCUT2D eigenvalue weighted by Crippen LogP contribution is 2.25. The van der Waals surface area contributed by atoms with Gasteiger partial charge in [0.25, 0.3) is 0 Å². The van der Waals surface area contributed by atoms with E-state index in [9.17, 15) is 5.11 Å². The highest BCUT2D eigenvalue weighted by atomic mass is 16.3. The van der Waals surface area contributed by atoms with Crippen molar-refractivity contribution in [2.24, 2.45) is 0 Å². The summed E-state index contributed by atoms with van der Waals surface area (Å²) in [5.41, 5.74) is 4.56. The summed E-state index contributed by atoms with van der Waals surface area (Å²) in [5.74, 6) is 0. The van der Waals surface area contributed by atoms with E-state index in [1.54, 1.807) is 0 Å². The van der Waals surface area contributed by atoms with Crippen molar-refractivity contribution >= 4 is 16.8 Å². The van der Waals surface area contributed by atoms with Gasteiger partial charge in [0.1, 0.15) is 0 Å². The number of hydrogen-bond acceptors (Lipinski definition) is 2. The number of aromatic nitrogens is 1. The molecule has 3 rings (SSSR count). The highest BCUT2D eigenvalue weighted by molar-refractivity contribution is 5.87. The molecule has 1 unspecified atom stereocenters. The second-order valence-corrected chi connectivity index (χ2v) is 7.04. The lowest BCUT2D eigenvalue weighted by atomic mass is 10.00. The summed E-state index contributed by atoms with van der Waals surface area (Å²) >= 11 is 0. The molecule has 0 aliphatic rings. The van der Waals surface area contributed by atoms with E-state index >= 15 is 0 Å². The van der Waals surface area contributed by atoms with Gasteiger partial charge in [-0.05, 0) is 72.7 Å². The van der Waals surface area contributed by atoms with E-state index in [4.69, 9.17) is 0 Å². The Labute approximate surface area is 161 Å². The number of aliphatic hydroxyl groups excluding tert-OH is 1. The highest BCUT2D eigenvalue weighted by Gasteiger charge is 2.02. The Balaban J connectivity index is 1.70. The standard InChI is InChI=1S/C25H27NO/c1-3-7-20-10-11-22-17-23(13-12-21(22)16-20)24-14-15-25(26-18-24)9-6-4-5-8-19(2)27/h3,6,9-19,27H,1,4-5,7-8H2,2H3. The van der Waals surface area contributed by atoms with E-state index in [1.807, 2.05) is 25.3 Å². The van der Waals surface area contributed by atoms with Crippen LogP contribution in [0.3, 0.4) is 0 Å². The third kappa shape index (κ3) is 5.38. The molecule has 0 aliphatic carbocycles. The van der Waals surface area contributed by atoms with Crippen LogP contribution in [0.1, 0.15) is 37.4 Å². The summed E-state index contributed by atoms with van der Waals surface area (Å²) in [4.78, 5) is 4.56. The van der Waals surface area contributed by atoms with Gasteiger partial charge in [-0.25, -0.2) is 0 Å². The Morgan fingerprint density at radius 2 is 1.81 bits per heavy atom. The van der Waals surface area contributed by atoms with Crippen molar-refractivity contribution in [3.05, 3.63) is 84.7 Å². The summed E-state index contributed by atoms with van der Waals surface area (Å²) in [7, 11) is 0. The minimum atomic E-state index is -0.216. The third-order valence-corrected chi connectivity index (χ3v) is 4.69. The molecule has 1 aromatic heterocycles. The second kappa shape index (κ2) is 9.29. The number of pyridine rings is 1. The van der Waals surface area contributed by atoms with Crippen molar-refractivity contribution in [3.8, 4) is 11.1 Å². The Bertz CT molecular complexity index is 923. The lowest BCUT2D eigenvalue weighted by Gasteiger charge is -2.06. The van der Waals surface area contributed by atoms with Gasteiger partial charge in [-0.3, -0.25) is 4.98 Å². The maximum atomic E-state index is 9.27. The molecule has 0 bridgehead atoms. The summed E-state index contributed by atoms with van der Waals surface area (Å²) in [6.45, 7) is 5.64. The van der Waals surface area contributed by atoms with Crippen LogP contribution in [0.4, 0.5) is 0 Å². The van der Waals surface area contributed by atoms with Gasteiger partial charge in [0, 0.05) is 11.8 Å². The number of nitrogens with zero attached hydrogens (tertiary/aromatic N) is 1. The summed E-state index contributed by atoms with van der Waals surface area (Å²) in [6, 6.07) is 17.3. The van der Waals surface area contributed by atoms with E-state index in [0.29, 0.717) is 0 Å². The molecule has 2 heteroatoms. The van der Waals surface area contributed by atoms with E-state index in [-0.39, 0.29) is 6.10 Å². The van der Waals surface area contributed by atoms with Gasteiger partial charge in [0.05, 0.1) is 11.8 Å². The van der Waals surface area contributed by atoms with Gasteiger partial charge in [-0.1, -0.05) is 48.6 Å². The fraction of sp³-hybridized carbons (Fsp3) is 0.240. The van der Waals surface area contributed by atoms with Gasteiger partial charge in [-0.2, -0.15) is 0 Å². The molecule has 1 heterocycles. The van der Waals surface area contributed by atoms with Crippen LogP contribution in [0.15, 0.2) is 73.5 Å². The molecule has 2 aromatic carbocycles. The van der Waals surface area contributed by atoms with E-state index < -0.39 is 0 Å². The van der Waals surface area contributed by atoms with Gasteiger partial charge in [0.15, 0.2) is 0 Å². The lowest BCUT2D eigenvalue weighted by Crippen LogP contribution is -1.97. The average molecular weight is 357 g/mol. The van der Waals surface area contributed by atoms with Crippen LogP contribution in [0.25, 0.3) is 28.0 Å². The van der Waals surface area contributed by atoms with Crippen LogP contribution in [0.2, 0.25) is 0 Å². The predicted molar refractivity (Wildman–Crippen MR) is 116 cm³/mol. The van der Waals surface area contributed by atoms with E-state index in [0.717, 1.165) is 36.9 Å². The van der Waals surface area contributed by atoms with Crippen LogP contribution in [0.5, 0.6) is 0 Å².